The Hall–Kier alpha value is -2.69. The van der Waals surface area contributed by atoms with Crippen LogP contribution in [0, 0.1) is 0 Å². The SMILES string of the molecule is CCCCC(CC)c1cccc(C(=Nc2ccccc2B(O)O)c2ccccc2)c1. The van der Waals surface area contributed by atoms with E-state index in [4.69, 9.17) is 4.99 Å². The minimum absolute atomic E-state index is 0.400. The molecule has 0 aromatic heterocycles. The minimum atomic E-state index is -1.56. The van der Waals surface area contributed by atoms with Gasteiger partial charge < -0.3 is 10.0 Å². The summed E-state index contributed by atoms with van der Waals surface area (Å²) in [5.41, 5.74) is 5.17. The Labute approximate surface area is 180 Å². The van der Waals surface area contributed by atoms with Crippen molar-refractivity contribution in [3.63, 3.8) is 0 Å². The number of hydrogen-bond acceptors (Lipinski definition) is 3. The fraction of sp³-hybridized carbons (Fsp3) is 0.269. The van der Waals surface area contributed by atoms with E-state index >= 15 is 0 Å². The third-order valence-electron chi connectivity index (χ3n) is 5.52. The monoisotopic (exact) mass is 399 g/mol. The van der Waals surface area contributed by atoms with Crippen molar-refractivity contribution in [1.82, 2.24) is 0 Å². The van der Waals surface area contributed by atoms with E-state index in [-0.39, 0.29) is 0 Å². The molecule has 30 heavy (non-hydrogen) atoms. The summed E-state index contributed by atoms with van der Waals surface area (Å²) in [7, 11) is -1.56. The maximum atomic E-state index is 9.78. The van der Waals surface area contributed by atoms with Gasteiger partial charge in [0, 0.05) is 16.6 Å². The zero-order valence-corrected chi connectivity index (χ0v) is 17.8. The highest BCUT2D eigenvalue weighted by Crippen LogP contribution is 2.27. The van der Waals surface area contributed by atoms with Gasteiger partial charge in [0.05, 0.1) is 11.4 Å². The number of nitrogens with zero attached hydrogens (tertiary/aromatic N) is 1. The van der Waals surface area contributed by atoms with Gasteiger partial charge >= 0.3 is 7.12 Å². The summed E-state index contributed by atoms with van der Waals surface area (Å²) in [4.78, 5) is 4.91. The van der Waals surface area contributed by atoms with Crippen LogP contribution in [0.15, 0.2) is 83.9 Å². The minimum Gasteiger partial charge on any atom is -0.423 e. The standard InChI is InChI=1S/C26H30BNO2/c1-3-5-12-20(4-2)22-15-11-16-23(19-22)26(21-13-7-6-8-14-21)28-25-18-10-9-17-24(25)27(29)30/h6-11,13-20,29-30H,3-5,12H2,1-2H3. The molecule has 3 nitrogen and oxygen atoms in total. The molecule has 1 unspecified atom stereocenters. The number of hydrogen-bond donors (Lipinski definition) is 2. The number of aliphatic imine (C=N–C) groups is 1. The van der Waals surface area contributed by atoms with Gasteiger partial charge in [-0.05, 0) is 36.5 Å². The molecule has 3 rings (SSSR count). The second-order valence-corrected chi connectivity index (χ2v) is 7.63. The molecule has 0 aliphatic rings. The Kier molecular flexibility index (Phi) is 8.00. The molecule has 2 N–H and O–H groups in total. The molecule has 0 fully saturated rings. The molecular formula is C26H30BNO2. The molecule has 0 aliphatic heterocycles. The van der Waals surface area contributed by atoms with Crippen molar-refractivity contribution in [2.24, 2.45) is 4.99 Å². The summed E-state index contributed by atoms with van der Waals surface area (Å²) in [6.45, 7) is 4.48. The van der Waals surface area contributed by atoms with Crippen LogP contribution in [0.25, 0.3) is 0 Å². The second kappa shape index (κ2) is 10.9. The van der Waals surface area contributed by atoms with Crippen molar-refractivity contribution < 1.29 is 10.0 Å². The zero-order valence-electron chi connectivity index (χ0n) is 17.8. The lowest BCUT2D eigenvalue weighted by Crippen LogP contribution is -2.30. The van der Waals surface area contributed by atoms with Crippen LogP contribution in [0.1, 0.15) is 62.1 Å². The van der Waals surface area contributed by atoms with Crippen molar-refractivity contribution in [1.29, 1.82) is 0 Å². The van der Waals surface area contributed by atoms with Crippen LogP contribution < -0.4 is 5.46 Å². The zero-order chi connectivity index (χ0) is 21.3. The summed E-state index contributed by atoms with van der Waals surface area (Å²) in [6, 6.07) is 25.9. The first-order valence-corrected chi connectivity index (χ1v) is 10.8. The van der Waals surface area contributed by atoms with E-state index in [2.05, 4.69) is 38.1 Å². The predicted octanol–water partition coefficient (Wildman–Crippen LogP) is 5.22. The maximum absolute atomic E-state index is 9.78. The van der Waals surface area contributed by atoms with Crippen LogP contribution in [0.5, 0.6) is 0 Å². The highest BCUT2D eigenvalue weighted by Gasteiger charge is 2.17. The number of rotatable bonds is 9. The summed E-state index contributed by atoms with van der Waals surface area (Å²) >= 11 is 0. The molecule has 1 atom stereocenters. The number of unbranched alkanes of at least 4 members (excludes halogenated alkanes) is 1. The van der Waals surface area contributed by atoms with Crippen LogP contribution in [0.3, 0.4) is 0 Å². The van der Waals surface area contributed by atoms with Crippen molar-refractivity contribution in [2.45, 2.75) is 45.4 Å². The molecule has 3 aromatic carbocycles. The molecule has 154 valence electrons. The first-order valence-electron chi connectivity index (χ1n) is 10.8. The summed E-state index contributed by atoms with van der Waals surface area (Å²) in [5.74, 6) is 0.536. The molecule has 0 aliphatic carbocycles. The summed E-state index contributed by atoms with van der Waals surface area (Å²) in [5, 5.41) is 19.6. The molecule has 0 radical (unpaired) electrons. The maximum Gasteiger partial charge on any atom is 0.490 e. The first kappa shape index (κ1) is 22.0. The molecule has 0 amide bonds. The Bertz CT molecular complexity index is 970. The molecule has 0 bridgehead atoms. The van der Waals surface area contributed by atoms with Gasteiger partial charge in [0.1, 0.15) is 0 Å². The lowest BCUT2D eigenvalue weighted by Gasteiger charge is -2.17. The number of para-hydroxylation sites is 1. The fourth-order valence-corrected chi connectivity index (χ4v) is 3.82. The molecule has 0 spiro atoms. The quantitative estimate of drug-likeness (QED) is 0.383. The molecule has 4 heteroatoms. The lowest BCUT2D eigenvalue weighted by atomic mass is 9.79. The Balaban J connectivity index is 2.10. The van der Waals surface area contributed by atoms with Crippen LogP contribution in [0.4, 0.5) is 5.69 Å². The van der Waals surface area contributed by atoms with Gasteiger partial charge in [0.2, 0.25) is 0 Å². The van der Waals surface area contributed by atoms with E-state index in [1.54, 1.807) is 12.1 Å². The molecule has 0 heterocycles. The van der Waals surface area contributed by atoms with Crippen LogP contribution >= 0.6 is 0 Å². The van der Waals surface area contributed by atoms with Crippen LogP contribution in [-0.2, 0) is 0 Å². The van der Waals surface area contributed by atoms with Crippen molar-refractivity contribution in [3.05, 3.63) is 95.6 Å². The summed E-state index contributed by atoms with van der Waals surface area (Å²) < 4.78 is 0. The Morgan fingerprint density at radius 2 is 1.57 bits per heavy atom. The van der Waals surface area contributed by atoms with E-state index in [9.17, 15) is 10.0 Å². The number of benzene rings is 3. The van der Waals surface area contributed by atoms with Gasteiger partial charge in [0.15, 0.2) is 0 Å². The van der Waals surface area contributed by atoms with Gasteiger partial charge in [-0.25, -0.2) is 4.99 Å². The highest BCUT2D eigenvalue weighted by molar-refractivity contribution is 6.60. The van der Waals surface area contributed by atoms with E-state index in [0.29, 0.717) is 17.1 Å². The van der Waals surface area contributed by atoms with E-state index in [1.807, 2.05) is 42.5 Å². The lowest BCUT2D eigenvalue weighted by molar-refractivity contribution is 0.426. The summed E-state index contributed by atoms with van der Waals surface area (Å²) in [6.07, 6.45) is 4.73. The van der Waals surface area contributed by atoms with Crippen molar-refractivity contribution >= 4 is 24.0 Å². The van der Waals surface area contributed by atoms with Crippen LogP contribution in [0.2, 0.25) is 0 Å². The fourth-order valence-electron chi connectivity index (χ4n) is 3.82. The van der Waals surface area contributed by atoms with E-state index in [0.717, 1.165) is 23.3 Å². The Morgan fingerprint density at radius 3 is 2.27 bits per heavy atom. The smallest absolute Gasteiger partial charge is 0.423 e. The average Bonchev–Trinajstić information content (AvgIpc) is 2.79. The molecule has 0 saturated carbocycles. The van der Waals surface area contributed by atoms with Gasteiger partial charge in [-0.2, -0.15) is 0 Å². The predicted molar refractivity (Wildman–Crippen MR) is 127 cm³/mol. The Morgan fingerprint density at radius 1 is 0.867 bits per heavy atom. The largest absolute Gasteiger partial charge is 0.490 e. The average molecular weight is 399 g/mol. The highest BCUT2D eigenvalue weighted by atomic mass is 16.4. The van der Waals surface area contributed by atoms with Gasteiger partial charge in [-0.15, -0.1) is 0 Å². The topological polar surface area (TPSA) is 52.8 Å². The van der Waals surface area contributed by atoms with Gasteiger partial charge in [-0.3, -0.25) is 0 Å². The van der Waals surface area contributed by atoms with Crippen LogP contribution in [-0.4, -0.2) is 22.9 Å². The van der Waals surface area contributed by atoms with Crippen molar-refractivity contribution in [2.75, 3.05) is 0 Å². The third-order valence-corrected chi connectivity index (χ3v) is 5.52. The van der Waals surface area contributed by atoms with Gasteiger partial charge in [0.25, 0.3) is 0 Å². The van der Waals surface area contributed by atoms with Gasteiger partial charge in [-0.1, -0.05) is 93.4 Å². The molecule has 3 aromatic rings. The molecule has 0 saturated heterocycles. The van der Waals surface area contributed by atoms with E-state index in [1.165, 1.54) is 24.8 Å². The normalized spacial score (nSPS) is 12.6. The van der Waals surface area contributed by atoms with E-state index < -0.39 is 7.12 Å². The second-order valence-electron chi connectivity index (χ2n) is 7.63. The third kappa shape index (κ3) is 5.47. The molecular weight excluding hydrogens is 369 g/mol. The van der Waals surface area contributed by atoms with Crippen molar-refractivity contribution in [3.8, 4) is 0 Å². The first-order chi connectivity index (χ1) is 14.6.